The Balaban J connectivity index is 1.67. The van der Waals surface area contributed by atoms with Crippen molar-refractivity contribution in [2.24, 2.45) is 5.92 Å². The maximum absolute atomic E-state index is 13.3. The van der Waals surface area contributed by atoms with E-state index in [9.17, 15) is 18.0 Å². The number of carbonyl (C=O) groups is 1. The number of ether oxygens (including phenoxy) is 1. The molecule has 0 bridgehead atoms. The number of anilines is 1. The summed E-state index contributed by atoms with van der Waals surface area (Å²) in [6.45, 7) is 2.92. The lowest BCUT2D eigenvalue weighted by Crippen LogP contribution is -2.37. The second kappa shape index (κ2) is 10.2. The van der Waals surface area contributed by atoms with Gasteiger partial charge in [-0.1, -0.05) is 35.8 Å². The van der Waals surface area contributed by atoms with Crippen molar-refractivity contribution in [2.75, 3.05) is 18.5 Å². The van der Waals surface area contributed by atoms with Crippen LogP contribution in [0.15, 0.2) is 28.0 Å². The summed E-state index contributed by atoms with van der Waals surface area (Å²) in [5, 5.41) is 2.68. The van der Waals surface area contributed by atoms with E-state index < -0.39 is 26.7 Å². The maximum Gasteiger partial charge on any atom is 0.252 e. The number of pyridine rings is 1. The summed E-state index contributed by atoms with van der Waals surface area (Å²) >= 11 is 7.08. The largest absolute Gasteiger partial charge is 0.381 e. The first-order valence-electron chi connectivity index (χ1n) is 11.2. The van der Waals surface area contributed by atoms with Gasteiger partial charge in [0, 0.05) is 25.0 Å². The van der Waals surface area contributed by atoms with E-state index in [2.05, 4.69) is 10.3 Å². The number of hydrogen-bond donors (Lipinski definition) is 1. The van der Waals surface area contributed by atoms with Gasteiger partial charge in [-0.15, -0.1) is 0 Å². The van der Waals surface area contributed by atoms with Crippen LogP contribution in [0.4, 0.5) is 5.13 Å². The van der Waals surface area contributed by atoms with E-state index in [0.29, 0.717) is 47.6 Å². The molecule has 1 N–H and O–H groups in total. The van der Waals surface area contributed by atoms with Crippen molar-refractivity contribution in [3.63, 3.8) is 0 Å². The summed E-state index contributed by atoms with van der Waals surface area (Å²) in [7, 11) is -3.57. The predicted molar refractivity (Wildman–Crippen MR) is 128 cm³/mol. The van der Waals surface area contributed by atoms with Crippen LogP contribution in [0.3, 0.4) is 0 Å². The average molecular weight is 514 g/mol. The van der Waals surface area contributed by atoms with Crippen molar-refractivity contribution in [2.45, 2.75) is 68.1 Å². The third-order valence-electron chi connectivity index (χ3n) is 6.52. The molecule has 2 aliphatic rings. The van der Waals surface area contributed by atoms with Gasteiger partial charge in [0.15, 0.2) is 15.0 Å². The second-order valence-electron chi connectivity index (χ2n) is 8.76. The highest BCUT2D eigenvalue weighted by Gasteiger charge is 2.33. The summed E-state index contributed by atoms with van der Waals surface area (Å²) in [5.74, 6) is -0.160. The molecule has 0 aromatic carbocycles. The fourth-order valence-electron chi connectivity index (χ4n) is 4.77. The van der Waals surface area contributed by atoms with Gasteiger partial charge in [0.1, 0.15) is 10.4 Å². The molecule has 2 aromatic heterocycles. The molecule has 2 fully saturated rings. The monoisotopic (exact) mass is 513 g/mol. The van der Waals surface area contributed by atoms with Gasteiger partial charge in [0.25, 0.3) is 5.56 Å². The Morgan fingerprint density at radius 1 is 1.27 bits per heavy atom. The van der Waals surface area contributed by atoms with Crippen LogP contribution in [0.25, 0.3) is 0 Å². The Bertz CT molecular complexity index is 1160. The zero-order valence-corrected chi connectivity index (χ0v) is 20.8. The first-order valence-corrected chi connectivity index (χ1v) is 14.0. The van der Waals surface area contributed by atoms with Crippen LogP contribution >= 0.6 is 22.9 Å². The molecule has 1 aliphatic carbocycles. The SMILES string of the molecule is Cc1cc(S(=O)(=O)C2CCCC2)cc(=O)n1[C@H](CC1CCOCC1)C(=O)Nc1ncc(Cl)s1. The predicted octanol–water partition coefficient (Wildman–Crippen LogP) is 3.98. The molecular weight excluding hydrogens is 486 g/mol. The van der Waals surface area contributed by atoms with Gasteiger partial charge in [-0.25, -0.2) is 13.4 Å². The highest BCUT2D eigenvalue weighted by atomic mass is 35.5. The molecule has 1 amide bonds. The highest BCUT2D eigenvalue weighted by molar-refractivity contribution is 7.92. The van der Waals surface area contributed by atoms with E-state index in [1.165, 1.54) is 22.9 Å². The van der Waals surface area contributed by atoms with Gasteiger partial charge in [-0.3, -0.25) is 9.59 Å². The summed E-state index contributed by atoms with van der Waals surface area (Å²) in [6.07, 6.45) is 6.51. The number of aromatic nitrogens is 2. The maximum atomic E-state index is 13.3. The summed E-state index contributed by atoms with van der Waals surface area (Å²) in [6, 6.07) is 1.90. The van der Waals surface area contributed by atoms with Crippen molar-refractivity contribution < 1.29 is 17.9 Å². The fourth-order valence-corrected chi connectivity index (χ4v) is 7.52. The van der Waals surface area contributed by atoms with Crippen LogP contribution in [0.5, 0.6) is 0 Å². The zero-order valence-electron chi connectivity index (χ0n) is 18.5. The van der Waals surface area contributed by atoms with Crippen LogP contribution < -0.4 is 10.9 Å². The summed E-state index contributed by atoms with van der Waals surface area (Å²) < 4.78 is 33.4. The molecule has 180 valence electrons. The molecular formula is C22H28ClN3O5S2. The number of sulfone groups is 1. The van der Waals surface area contributed by atoms with E-state index in [0.717, 1.165) is 37.0 Å². The Morgan fingerprint density at radius 2 is 1.97 bits per heavy atom. The number of amides is 1. The third-order valence-corrected chi connectivity index (χ3v) is 9.80. The molecule has 0 spiro atoms. The quantitative estimate of drug-likeness (QED) is 0.600. The minimum absolute atomic E-state index is 0.0464. The molecule has 4 rings (SSSR count). The molecule has 33 heavy (non-hydrogen) atoms. The molecule has 1 atom stereocenters. The topological polar surface area (TPSA) is 107 Å². The lowest BCUT2D eigenvalue weighted by atomic mass is 9.91. The van der Waals surface area contributed by atoms with Crippen molar-refractivity contribution >= 4 is 43.8 Å². The second-order valence-corrected chi connectivity index (χ2v) is 12.6. The summed E-state index contributed by atoms with van der Waals surface area (Å²) in [5.41, 5.74) is -0.0422. The number of carbonyl (C=O) groups excluding carboxylic acids is 1. The van der Waals surface area contributed by atoms with Gasteiger partial charge in [0.2, 0.25) is 5.91 Å². The van der Waals surface area contributed by atoms with Gasteiger partial charge in [-0.2, -0.15) is 0 Å². The van der Waals surface area contributed by atoms with Crippen LogP contribution in [-0.4, -0.2) is 42.3 Å². The lowest BCUT2D eigenvalue weighted by molar-refractivity contribution is -0.120. The molecule has 8 nitrogen and oxygen atoms in total. The van der Waals surface area contributed by atoms with Gasteiger partial charge >= 0.3 is 0 Å². The number of aryl methyl sites for hydroxylation is 1. The minimum Gasteiger partial charge on any atom is -0.381 e. The number of nitrogens with one attached hydrogen (secondary N) is 1. The number of rotatable bonds is 7. The molecule has 1 aliphatic heterocycles. The number of thiazole rings is 1. The van der Waals surface area contributed by atoms with Crippen LogP contribution in [-0.2, 0) is 19.4 Å². The molecule has 0 unspecified atom stereocenters. The van der Waals surface area contributed by atoms with Crippen molar-refractivity contribution in [1.29, 1.82) is 0 Å². The minimum atomic E-state index is -3.57. The van der Waals surface area contributed by atoms with Crippen LogP contribution in [0.1, 0.15) is 56.7 Å². The van der Waals surface area contributed by atoms with Gasteiger partial charge in [-0.05, 0) is 51.0 Å². The van der Waals surface area contributed by atoms with Crippen molar-refractivity contribution in [1.82, 2.24) is 9.55 Å². The third kappa shape index (κ3) is 5.50. The van der Waals surface area contributed by atoms with Crippen LogP contribution in [0.2, 0.25) is 4.34 Å². The molecule has 3 heterocycles. The Labute approximate surface area is 202 Å². The van der Waals surface area contributed by atoms with Gasteiger partial charge < -0.3 is 14.6 Å². The van der Waals surface area contributed by atoms with E-state index in [-0.39, 0.29) is 16.7 Å². The van der Waals surface area contributed by atoms with E-state index in [1.54, 1.807) is 6.92 Å². The molecule has 0 radical (unpaired) electrons. The molecule has 11 heteroatoms. The Morgan fingerprint density at radius 3 is 2.58 bits per heavy atom. The Kier molecular flexibility index (Phi) is 7.57. The van der Waals surface area contributed by atoms with E-state index in [4.69, 9.17) is 16.3 Å². The van der Waals surface area contributed by atoms with Gasteiger partial charge in [0.05, 0.1) is 16.3 Å². The lowest BCUT2D eigenvalue weighted by Gasteiger charge is -2.28. The van der Waals surface area contributed by atoms with Crippen molar-refractivity contribution in [3.8, 4) is 0 Å². The molecule has 1 saturated heterocycles. The number of nitrogens with zero attached hydrogens (tertiary/aromatic N) is 2. The number of hydrogen-bond acceptors (Lipinski definition) is 7. The first kappa shape index (κ1) is 24.4. The van der Waals surface area contributed by atoms with E-state index >= 15 is 0 Å². The Hall–Kier alpha value is -1.75. The van der Waals surface area contributed by atoms with Crippen molar-refractivity contribution in [3.05, 3.63) is 38.7 Å². The smallest absolute Gasteiger partial charge is 0.252 e. The van der Waals surface area contributed by atoms with E-state index in [1.807, 2.05) is 0 Å². The highest BCUT2D eigenvalue weighted by Crippen LogP contribution is 2.31. The number of halogens is 1. The molecule has 1 saturated carbocycles. The van der Waals surface area contributed by atoms with Crippen LogP contribution in [0, 0.1) is 12.8 Å². The molecule has 2 aromatic rings. The standard InChI is InChI=1S/C22H28ClN3O5S2/c1-14-10-17(33(29,30)16-4-2-3-5-16)12-20(27)26(14)18(11-15-6-8-31-9-7-15)21(28)25-22-24-13-19(23)32-22/h10,12-13,15-16,18H,2-9,11H2,1H3,(H,24,25,28)/t18-/m1/s1. The average Bonchev–Trinajstić information content (AvgIpc) is 3.45. The fraction of sp³-hybridized carbons (Fsp3) is 0.591. The zero-order chi connectivity index (χ0) is 23.6. The summed E-state index contributed by atoms with van der Waals surface area (Å²) in [4.78, 5) is 30.6. The first-order chi connectivity index (χ1) is 15.8. The normalized spacial score (nSPS) is 19.0.